The van der Waals surface area contributed by atoms with Crippen molar-refractivity contribution in [2.45, 2.75) is 6.10 Å². The second-order valence-corrected chi connectivity index (χ2v) is 7.10. The second-order valence-electron chi connectivity index (χ2n) is 4.03. The lowest BCUT2D eigenvalue weighted by Gasteiger charge is -2.02. The Morgan fingerprint density at radius 2 is 1.88 bits per heavy atom. The van der Waals surface area contributed by atoms with Crippen LogP contribution in [0, 0.1) is 17.8 Å². The summed E-state index contributed by atoms with van der Waals surface area (Å²) in [7, 11) is -3.12. The first-order valence-corrected chi connectivity index (χ1v) is 7.73. The molecule has 1 aromatic rings. The van der Waals surface area contributed by atoms with Crippen molar-refractivity contribution in [2.75, 3.05) is 11.5 Å². The van der Waals surface area contributed by atoms with Gasteiger partial charge >= 0.3 is 0 Å². The minimum Gasteiger partial charge on any atom is -0.391 e. The summed E-state index contributed by atoms with van der Waals surface area (Å²) >= 11 is 3.32. The van der Waals surface area contributed by atoms with Gasteiger partial charge < -0.3 is 5.11 Å². The second kappa shape index (κ2) is 4.81. The molecule has 17 heavy (non-hydrogen) atoms. The highest BCUT2D eigenvalue weighted by Crippen LogP contribution is 2.18. The van der Waals surface area contributed by atoms with Gasteiger partial charge in [0.15, 0.2) is 9.84 Å². The lowest BCUT2D eigenvalue weighted by Crippen LogP contribution is -2.15. The largest absolute Gasteiger partial charge is 0.391 e. The van der Waals surface area contributed by atoms with Gasteiger partial charge in [0.2, 0.25) is 0 Å². The Bertz CT molecular complexity index is 566. The van der Waals surface area contributed by atoms with Gasteiger partial charge in [0.05, 0.1) is 23.5 Å². The number of hydrogen-bond acceptors (Lipinski definition) is 3. The Balaban J connectivity index is 2.15. The third-order valence-electron chi connectivity index (χ3n) is 2.57. The molecule has 0 amide bonds. The lowest BCUT2D eigenvalue weighted by atomic mass is 10.1. The number of halogens is 1. The molecule has 1 fully saturated rings. The van der Waals surface area contributed by atoms with E-state index in [1.54, 1.807) is 0 Å². The Hall–Kier alpha value is -0.830. The topological polar surface area (TPSA) is 54.4 Å². The van der Waals surface area contributed by atoms with Crippen LogP contribution in [0.3, 0.4) is 0 Å². The van der Waals surface area contributed by atoms with Gasteiger partial charge in [-0.3, -0.25) is 0 Å². The summed E-state index contributed by atoms with van der Waals surface area (Å²) in [6.45, 7) is 0. The van der Waals surface area contributed by atoms with E-state index in [1.165, 1.54) is 0 Å². The minimum absolute atomic E-state index is 0.0440. The van der Waals surface area contributed by atoms with Crippen LogP contribution >= 0.6 is 15.9 Å². The SMILES string of the molecule is O=S1(=O)C[C@@H](O)[C@H](C#Cc2ccc(Br)cc2)C1. The monoisotopic (exact) mass is 314 g/mol. The number of sulfone groups is 1. The van der Waals surface area contributed by atoms with E-state index >= 15 is 0 Å². The van der Waals surface area contributed by atoms with Crippen LogP contribution in [0.15, 0.2) is 28.7 Å². The van der Waals surface area contributed by atoms with Crippen molar-refractivity contribution in [1.29, 1.82) is 0 Å². The zero-order valence-electron chi connectivity index (χ0n) is 8.93. The Kier molecular flexibility index (Phi) is 3.57. The number of hydrogen-bond donors (Lipinski definition) is 1. The number of rotatable bonds is 0. The molecule has 1 N–H and O–H groups in total. The molecule has 0 aromatic heterocycles. The molecule has 2 atom stereocenters. The fourth-order valence-corrected chi connectivity index (χ4v) is 3.68. The van der Waals surface area contributed by atoms with E-state index in [1.807, 2.05) is 24.3 Å². The average Bonchev–Trinajstić information content (AvgIpc) is 2.51. The maximum atomic E-state index is 11.3. The molecule has 0 radical (unpaired) electrons. The standard InChI is InChI=1S/C12H11BrO3S/c13-11-5-2-9(3-6-11)1-4-10-7-17(15,16)8-12(10)14/h2-3,5-6,10,12,14H,7-8H2/t10-,12-/m1/s1. The summed E-state index contributed by atoms with van der Waals surface area (Å²) in [6.07, 6.45) is -0.858. The lowest BCUT2D eigenvalue weighted by molar-refractivity contribution is 0.174. The van der Waals surface area contributed by atoms with Crippen molar-refractivity contribution in [3.05, 3.63) is 34.3 Å². The molecule has 1 aromatic carbocycles. The van der Waals surface area contributed by atoms with E-state index in [9.17, 15) is 13.5 Å². The highest BCUT2D eigenvalue weighted by molar-refractivity contribution is 9.10. The maximum absolute atomic E-state index is 11.3. The molecule has 2 rings (SSSR count). The van der Waals surface area contributed by atoms with Crippen LogP contribution in [-0.2, 0) is 9.84 Å². The molecule has 3 nitrogen and oxygen atoms in total. The van der Waals surface area contributed by atoms with Crippen LogP contribution in [0.1, 0.15) is 5.56 Å². The van der Waals surface area contributed by atoms with E-state index in [2.05, 4.69) is 27.8 Å². The molecule has 0 saturated carbocycles. The summed E-state index contributed by atoms with van der Waals surface area (Å²) in [6, 6.07) is 7.41. The summed E-state index contributed by atoms with van der Waals surface area (Å²) in [5.74, 6) is 5.03. The Morgan fingerprint density at radius 1 is 1.24 bits per heavy atom. The fourth-order valence-electron chi connectivity index (χ4n) is 1.68. The first-order valence-electron chi connectivity index (χ1n) is 5.12. The van der Waals surface area contributed by atoms with E-state index in [-0.39, 0.29) is 11.5 Å². The zero-order valence-corrected chi connectivity index (χ0v) is 11.3. The van der Waals surface area contributed by atoms with Crippen molar-refractivity contribution in [3.63, 3.8) is 0 Å². The molecule has 0 bridgehead atoms. The summed E-state index contributed by atoms with van der Waals surface area (Å²) in [5, 5.41) is 9.56. The van der Waals surface area contributed by atoms with E-state index in [0.29, 0.717) is 0 Å². The van der Waals surface area contributed by atoms with Crippen LogP contribution in [0.25, 0.3) is 0 Å². The number of aliphatic hydroxyl groups excluding tert-OH is 1. The highest BCUT2D eigenvalue weighted by atomic mass is 79.9. The third kappa shape index (κ3) is 3.32. The van der Waals surface area contributed by atoms with Crippen molar-refractivity contribution < 1.29 is 13.5 Å². The van der Waals surface area contributed by atoms with Gasteiger partial charge in [-0.1, -0.05) is 27.8 Å². The minimum atomic E-state index is -3.12. The molecule has 0 aliphatic carbocycles. The molecule has 90 valence electrons. The summed E-state index contributed by atoms with van der Waals surface area (Å²) in [5.41, 5.74) is 0.810. The van der Waals surface area contributed by atoms with Gasteiger partial charge in [-0.2, -0.15) is 0 Å². The van der Waals surface area contributed by atoms with Gasteiger partial charge in [0.1, 0.15) is 0 Å². The van der Waals surface area contributed by atoms with Crippen LogP contribution in [0.2, 0.25) is 0 Å². The molecule has 1 aliphatic rings. The van der Waals surface area contributed by atoms with Gasteiger partial charge in [-0.25, -0.2) is 8.42 Å². The molecule has 0 spiro atoms. The first kappa shape index (κ1) is 12.6. The fraction of sp³-hybridized carbons (Fsp3) is 0.333. The predicted molar refractivity (Wildman–Crippen MR) is 69.2 cm³/mol. The third-order valence-corrected chi connectivity index (χ3v) is 4.81. The van der Waals surface area contributed by atoms with Crippen molar-refractivity contribution in [3.8, 4) is 11.8 Å². The molecule has 1 aliphatic heterocycles. The van der Waals surface area contributed by atoms with Gasteiger partial charge in [0, 0.05) is 10.0 Å². The molecule has 0 unspecified atom stereocenters. The van der Waals surface area contributed by atoms with E-state index in [0.717, 1.165) is 10.0 Å². The average molecular weight is 315 g/mol. The van der Waals surface area contributed by atoms with Crippen molar-refractivity contribution >= 4 is 25.8 Å². The molecule has 1 saturated heterocycles. The number of benzene rings is 1. The molecular weight excluding hydrogens is 304 g/mol. The normalized spacial score (nSPS) is 26.2. The van der Waals surface area contributed by atoms with E-state index < -0.39 is 21.9 Å². The zero-order chi connectivity index (χ0) is 12.5. The summed E-state index contributed by atoms with van der Waals surface area (Å²) < 4.78 is 23.5. The van der Waals surface area contributed by atoms with Crippen molar-refractivity contribution in [1.82, 2.24) is 0 Å². The molecule has 5 heteroatoms. The Morgan fingerprint density at radius 3 is 2.41 bits per heavy atom. The smallest absolute Gasteiger partial charge is 0.154 e. The summed E-state index contributed by atoms with van der Waals surface area (Å²) in [4.78, 5) is 0. The number of aliphatic hydroxyl groups is 1. The van der Waals surface area contributed by atoms with Crippen LogP contribution in [0.4, 0.5) is 0 Å². The predicted octanol–water partition coefficient (Wildman–Crippen LogP) is 1.21. The Labute approximate surface area is 109 Å². The van der Waals surface area contributed by atoms with Gasteiger partial charge in [-0.05, 0) is 24.3 Å². The van der Waals surface area contributed by atoms with Crippen LogP contribution in [0.5, 0.6) is 0 Å². The van der Waals surface area contributed by atoms with Crippen LogP contribution in [-0.4, -0.2) is 31.1 Å². The first-order chi connectivity index (χ1) is 7.96. The van der Waals surface area contributed by atoms with Gasteiger partial charge in [0.25, 0.3) is 0 Å². The van der Waals surface area contributed by atoms with Crippen molar-refractivity contribution in [2.24, 2.45) is 5.92 Å². The molecular formula is C12H11BrO3S. The van der Waals surface area contributed by atoms with E-state index in [4.69, 9.17) is 0 Å². The quantitative estimate of drug-likeness (QED) is 0.732. The molecule has 1 heterocycles. The maximum Gasteiger partial charge on any atom is 0.154 e. The van der Waals surface area contributed by atoms with Crippen LogP contribution < -0.4 is 0 Å². The van der Waals surface area contributed by atoms with Gasteiger partial charge in [-0.15, -0.1) is 0 Å². The highest BCUT2D eigenvalue weighted by Gasteiger charge is 2.35.